The van der Waals surface area contributed by atoms with E-state index in [0.29, 0.717) is 16.9 Å². The fourth-order valence-corrected chi connectivity index (χ4v) is 1.97. The molecule has 0 aliphatic carbocycles. The second kappa shape index (κ2) is 6.44. The van der Waals surface area contributed by atoms with Gasteiger partial charge < -0.3 is 14.5 Å². The van der Waals surface area contributed by atoms with Gasteiger partial charge in [-0.25, -0.2) is 0 Å². The van der Waals surface area contributed by atoms with Crippen molar-refractivity contribution in [2.45, 2.75) is 32.4 Å². The maximum Gasteiger partial charge on any atom is 0.291 e. The van der Waals surface area contributed by atoms with Gasteiger partial charge in [-0.05, 0) is 48.3 Å². The minimum absolute atomic E-state index is 0.199. The van der Waals surface area contributed by atoms with Gasteiger partial charge in [0.05, 0.1) is 17.5 Å². The number of anilines is 1. The maximum absolute atomic E-state index is 11.9. The number of aryl methyl sites for hydroxylation is 1. The lowest BCUT2D eigenvalue weighted by Crippen LogP contribution is -2.24. The molecule has 114 valence electrons. The van der Waals surface area contributed by atoms with Crippen molar-refractivity contribution in [3.63, 3.8) is 0 Å². The zero-order valence-electron chi connectivity index (χ0n) is 12.2. The zero-order valence-corrected chi connectivity index (χ0v) is 13.8. The standard InChI is InChI=1S/C14H18BrN3O3/c1-14(2,20-3)6-7-18-9-10(8-16-18)17-13(19)11-4-5-12(15)21-11/h4-5,8-9H,6-7H2,1-3H3,(H,17,19). The molecular formula is C14H18BrN3O3. The molecule has 2 aromatic heterocycles. The van der Waals surface area contributed by atoms with E-state index in [1.807, 2.05) is 13.8 Å². The highest BCUT2D eigenvalue weighted by Crippen LogP contribution is 2.17. The molecular weight excluding hydrogens is 338 g/mol. The van der Waals surface area contributed by atoms with Crippen LogP contribution in [0.5, 0.6) is 0 Å². The van der Waals surface area contributed by atoms with Crippen molar-refractivity contribution < 1.29 is 13.9 Å². The second-order valence-electron chi connectivity index (χ2n) is 5.26. The van der Waals surface area contributed by atoms with Crippen molar-refractivity contribution in [1.29, 1.82) is 0 Å². The molecule has 2 aromatic rings. The van der Waals surface area contributed by atoms with Crippen LogP contribution in [-0.2, 0) is 11.3 Å². The molecule has 0 fully saturated rings. The maximum atomic E-state index is 11.9. The molecule has 0 bridgehead atoms. The number of carbonyl (C=O) groups is 1. The molecule has 0 aromatic carbocycles. The van der Waals surface area contributed by atoms with Gasteiger partial charge in [0.25, 0.3) is 5.91 Å². The third-order valence-corrected chi connectivity index (χ3v) is 3.61. The lowest BCUT2D eigenvalue weighted by atomic mass is 10.1. The third-order valence-electron chi connectivity index (χ3n) is 3.18. The number of rotatable bonds is 6. The van der Waals surface area contributed by atoms with Crippen LogP contribution in [0, 0.1) is 0 Å². The summed E-state index contributed by atoms with van der Waals surface area (Å²) >= 11 is 3.16. The first-order valence-corrected chi connectivity index (χ1v) is 7.33. The number of aromatic nitrogens is 2. The van der Waals surface area contributed by atoms with Gasteiger partial charge in [-0.3, -0.25) is 9.48 Å². The predicted octanol–water partition coefficient (Wildman–Crippen LogP) is 3.31. The van der Waals surface area contributed by atoms with E-state index >= 15 is 0 Å². The average Bonchev–Trinajstić information content (AvgIpc) is 3.06. The Labute approximate surface area is 131 Å². The van der Waals surface area contributed by atoms with Crippen LogP contribution >= 0.6 is 15.9 Å². The van der Waals surface area contributed by atoms with Crippen LogP contribution in [0.3, 0.4) is 0 Å². The SMILES string of the molecule is COC(C)(C)CCn1cc(NC(=O)c2ccc(Br)o2)cn1. The summed E-state index contributed by atoms with van der Waals surface area (Å²) in [5.41, 5.74) is 0.429. The second-order valence-corrected chi connectivity index (χ2v) is 6.05. The van der Waals surface area contributed by atoms with E-state index in [2.05, 4.69) is 26.3 Å². The van der Waals surface area contributed by atoms with Gasteiger partial charge in [0.15, 0.2) is 10.4 Å². The van der Waals surface area contributed by atoms with Crippen LogP contribution in [0.1, 0.15) is 30.8 Å². The molecule has 7 heteroatoms. The van der Waals surface area contributed by atoms with Gasteiger partial charge in [0.1, 0.15) is 0 Å². The lowest BCUT2D eigenvalue weighted by Gasteiger charge is -2.22. The summed E-state index contributed by atoms with van der Waals surface area (Å²) in [5.74, 6) is -0.0624. The van der Waals surface area contributed by atoms with Gasteiger partial charge in [-0.1, -0.05) is 0 Å². The molecule has 0 aliphatic heterocycles. The molecule has 0 spiro atoms. The van der Waals surface area contributed by atoms with E-state index in [1.165, 1.54) is 0 Å². The first kappa shape index (κ1) is 15.8. The fourth-order valence-electron chi connectivity index (χ4n) is 1.67. The fraction of sp³-hybridized carbons (Fsp3) is 0.429. The molecule has 1 amide bonds. The van der Waals surface area contributed by atoms with Gasteiger partial charge in [0, 0.05) is 19.9 Å². The first-order valence-electron chi connectivity index (χ1n) is 6.54. The molecule has 0 radical (unpaired) electrons. The van der Waals surface area contributed by atoms with E-state index in [1.54, 1.807) is 36.3 Å². The van der Waals surface area contributed by atoms with Crippen LogP contribution < -0.4 is 5.32 Å². The van der Waals surface area contributed by atoms with Crippen LogP contribution in [-0.4, -0.2) is 28.4 Å². The average molecular weight is 356 g/mol. The molecule has 0 saturated heterocycles. The van der Waals surface area contributed by atoms with Crippen molar-refractivity contribution >= 4 is 27.5 Å². The van der Waals surface area contributed by atoms with E-state index in [-0.39, 0.29) is 17.3 Å². The van der Waals surface area contributed by atoms with Crippen molar-refractivity contribution in [3.8, 4) is 0 Å². The number of halogens is 1. The van der Waals surface area contributed by atoms with Crippen molar-refractivity contribution in [2.24, 2.45) is 0 Å². The van der Waals surface area contributed by atoms with Crippen molar-refractivity contribution in [3.05, 3.63) is 35.0 Å². The monoisotopic (exact) mass is 355 g/mol. The zero-order chi connectivity index (χ0) is 15.5. The summed E-state index contributed by atoms with van der Waals surface area (Å²) in [6, 6.07) is 3.27. The van der Waals surface area contributed by atoms with E-state index < -0.39 is 0 Å². The number of nitrogens with one attached hydrogen (secondary N) is 1. The van der Waals surface area contributed by atoms with Crippen molar-refractivity contribution in [2.75, 3.05) is 12.4 Å². The van der Waals surface area contributed by atoms with Gasteiger partial charge in [-0.2, -0.15) is 5.10 Å². The van der Waals surface area contributed by atoms with E-state index in [0.717, 1.165) is 6.42 Å². The summed E-state index contributed by atoms with van der Waals surface area (Å²) < 4.78 is 12.8. The molecule has 0 aliphatic rings. The molecule has 1 N–H and O–H groups in total. The van der Waals surface area contributed by atoms with Gasteiger partial charge in [0.2, 0.25) is 0 Å². The summed E-state index contributed by atoms with van der Waals surface area (Å²) in [4.78, 5) is 11.9. The number of nitrogens with zero attached hydrogens (tertiary/aromatic N) is 2. The molecule has 2 heterocycles. The minimum Gasteiger partial charge on any atom is -0.444 e. The number of amides is 1. The van der Waals surface area contributed by atoms with Crippen LogP contribution in [0.4, 0.5) is 5.69 Å². The molecule has 0 saturated carbocycles. The highest BCUT2D eigenvalue weighted by molar-refractivity contribution is 9.10. The largest absolute Gasteiger partial charge is 0.444 e. The smallest absolute Gasteiger partial charge is 0.291 e. The van der Waals surface area contributed by atoms with Crippen LogP contribution in [0.25, 0.3) is 0 Å². The molecule has 0 unspecified atom stereocenters. The number of hydrogen-bond donors (Lipinski definition) is 1. The number of hydrogen-bond acceptors (Lipinski definition) is 4. The summed E-state index contributed by atoms with van der Waals surface area (Å²) in [5, 5.41) is 6.95. The Balaban J connectivity index is 1.92. The molecule has 21 heavy (non-hydrogen) atoms. The Morgan fingerprint density at radius 3 is 2.90 bits per heavy atom. The van der Waals surface area contributed by atoms with Gasteiger partial charge in [-0.15, -0.1) is 0 Å². The Morgan fingerprint density at radius 1 is 1.52 bits per heavy atom. The molecule has 0 atom stereocenters. The minimum atomic E-state index is -0.308. The number of methoxy groups -OCH3 is 1. The van der Waals surface area contributed by atoms with E-state index in [9.17, 15) is 4.79 Å². The number of ether oxygens (including phenoxy) is 1. The predicted molar refractivity (Wildman–Crippen MR) is 82.3 cm³/mol. The molecule has 2 rings (SSSR count). The number of carbonyl (C=O) groups excluding carboxylic acids is 1. The van der Waals surface area contributed by atoms with Gasteiger partial charge >= 0.3 is 0 Å². The summed E-state index contributed by atoms with van der Waals surface area (Å²) in [6.07, 6.45) is 4.21. The quantitative estimate of drug-likeness (QED) is 0.862. The van der Waals surface area contributed by atoms with Crippen LogP contribution in [0.2, 0.25) is 0 Å². The first-order chi connectivity index (χ1) is 9.89. The Bertz CT molecular complexity index is 619. The third kappa shape index (κ3) is 4.44. The summed E-state index contributed by atoms with van der Waals surface area (Å²) in [7, 11) is 1.69. The van der Waals surface area contributed by atoms with Crippen molar-refractivity contribution in [1.82, 2.24) is 9.78 Å². The summed E-state index contributed by atoms with van der Waals surface area (Å²) in [6.45, 7) is 4.75. The Morgan fingerprint density at radius 2 is 2.29 bits per heavy atom. The number of furan rings is 1. The normalized spacial score (nSPS) is 11.6. The topological polar surface area (TPSA) is 69.3 Å². The Hall–Kier alpha value is -1.60. The lowest BCUT2D eigenvalue weighted by molar-refractivity contribution is 0.0113. The van der Waals surface area contributed by atoms with Crippen LogP contribution in [0.15, 0.2) is 33.6 Å². The highest BCUT2D eigenvalue weighted by atomic mass is 79.9. The Kier molecular flexibility index (Phi) is 4.84. The van der Waals surface area contributed by atoms with E-state index in [4.69, 9.17) is 9.15 Å². The highest BCUT2D eigenvalue weighted by Gasteiger charge is 2.16. The molecule has 6 nitrogen and oxygen atoms in total.